The molecule has 0 saturated carbocycles. The first-order chi connectivity index (χ1) is 34.8. The van der Waals surface area contributed by atoms with Gasteiger partial charge in [0.2, 0.25) is 0 Å². The third-order valence-electron chi connectivity index (χ3n) is 11.8. The van der Waals surface area contributed by atoms with Crippen molar-refractivity contribution in [3.63, 3.8) is 0 Å². The van der Waals surface area contributed by atoms with Crippen LogP contribution >= 0.6 is 7.92 Å². The van der Waals surface area contributed by atoms with Gasteiger partial charge in [-0.3, -0.25) is 0 Å². The Balaban J connectivity index is 0.000000408. The second-order valence-electron chi connectivity index (χ2n) is 16.4. The maximum absolute atomic E-state index is 15.0. The third-order valence-corrected chi connectivity index (χ3v) is 14.5. The number of rotatable bonds is 7. The lowest BCUT2D eigenvalue weighted by molar-refractivity contribution is -0.142. The molecule has 0 N–H and O–H groups in total. The highest BCUT2D eigenvalue weighted by atomic mass is 31.1. The molecule has 0 aliphatic rings. The molecule has 404 valence electrons. The van der Waals surface area contributed by atoms with Crippen molar-refractivity contribution in [1.29, 1.82) is 0 Å². The van der Waals surface area contributed by atoms with E-state index < -0.39 is 203 Å². The van der Waals surface area contributed by atoms with Crippen LogP contribution in [-0.4, -0.2) is 6.15 Å². The first kappa shape index (κ1) is 58.6. The molecule has 0 fully saturated rings. The highest BCUT2D eigenvalue weighted by Gasteiger charge is 2.59. The van der Waals surface area contributed by atoms with Crippen LogP contribution in [0.4, 0.5) is 105 Å². The van der Waals surface area contributed by atoms with Gasteiger partial charge in [-0.1, -0.05) is 127 Å². The zero-order valence-corrected chi connectivity index (χ0v) is 38.2. The summed E-state index contributed by atoms with van der Waals surface area (Å²) in [5, 5.41) is 4.31. The number of benzene rings is 7. The van der Waals surface area contributed by atoms with E-state index in [9.17, 15) is 0 Å². The summed E-state index contributed by atoms with van der Waals surface area (Å²) in [6.45, 7) is 0. The Hall–Kier alpha value is -6.65. The minimum absolute atomic E-state index is 0.406. The lowest BCUT2D eigenvalue weighted by atomic mass is 9.10. The van der Waals surface area contributed by atoms with Gasteiger partial charge in [-0.05, 0) is 36.4 Å². The summed E-state index contributed by atoms with van der Waals surface area (Å²) in [5.74, 6) is 0. The van der Waals surface area contributed by atoms with Crippen molar-refractivity contribution < 1.29 is 105 Å². The van der Waals surface area contributed by atoms with Crippen molar-refractivity contribution in [3.05, 3.63) is 208 Å². The highest BCUT2D eigenvalue weighted by Crippen LogP contribution is 2.46. The monoisotopic (exact) mass is 1130 g/mol. The lowest BCUT2D eigenvalue weighted by Crippen LogP contribution is -2.81. The Kier molecular flexibility index (Phi) is 16.0. The molecule has 0 atom stereocenters. The maximum Gasteiger partial charge on any atom is 0.413 e. The molecule has 0 radical (unpaired) electrons. The predicted octanol–water partition coefficient (Wildman–Crippen LogP) is 14.4. The van der Waals surface area contributed by atoms with Crippen LogP contribution < -0.4 is 37.8 Å². The molecule has 0 spiro atoms. The number of hydrogen-bond acceptors (Lipinski definition) is 0. The molecule has 0 unspecified atom stereocenters. The van der Waals surface area contributed by atoms with Gasteiger partial charge in [0.05, 0.1) is 7.92 Å². The SMILES string of the molecule is FC(F)(F)c1cccc(C(F)(F)F)c1[B-](c1c(C(F)(F)F)cccc1C(F)(F)F)(c1c(C(F)(F)F)cccc1C(F)(F)F)c1c(C(F)(F)F)cccc1C(F)(F)F.c1ccc([PH+](c2ccccc2)c2ccccc2)cc1. The van der Waals surface area contributed by atoms with E-state index in [4.69, 9.17) is 0 Å². The first-order valence-corrected chi connectivity index (χ1v) is 22.6. The molecule has 0 nitrogen and oxygen atoms in total. The van der Waals surface area contributed by atoms with E-state index in [1.165, 1.54) is 15.9 Å². The maximum atomic E-state index is 15.0. The Morgan fingerprint density at radius 2 is 0.342 bits per heavy atom. The van der Waals surface area contributed by atoms with Crippen molar-refractivity contribution >= 4 is 51.8 Å². The summed E-state index contributed by atoms with van der Waals surface area (Å²) in [5.41, 5.74) is -42.7. The number of alkyl halides is 24. The molecular formula is C50H28BF24P. The van der Waals surface area contributed by atoms with Crippen LogP contribution in [0.15, 0.2) is 164 Å². The molecular weight excluding hydrogens is 1100 g/mol. The van der Waals surface area contributed by atoms with Gasteiger partial charge < -0.3 is 0 Å². The zero-order valence-electron chi connectivity index (χ0n) is 37.2. The summed E-state index contributed by atoms with van der Waals surface area (Å²) in [4.78, 5) is 0. The van der Waals surface area contributed by atoms with E-state index in [1.54, 1.807) is 0 Å². The molecule has 7 rings (SSSR count). The van der Waals surface area contributed by atoms with Gasteiger partial charge in [0.15, 0.2) is 0 Å². The predicted molar refractivity (Wildman–Crippen MR) is 237 cm³/mol. The fourth-order valence-corrected chi connectivity index (χ4v) is 11.9. The third kappa shape index (κ3) is 12.0. The summed E-state index contributed by atoms with van der Waals surface area (Å²) >= 11 is 0. The molecule has 0 bridgehead atoms. The molecule has 7 aromatic carbocycles. The quantitative estimate of drug-likeness (QED) is 0.0848. The van der Waals surface area contributed by atoms with E-state index in [2.05, 4.69) is 91.0 Å². The van der Waals surface area contributed by atoms with Crippen LogP contribution in [0.5, 0.6) is 0 Å². The molecule has 0 aromatic heterocycles. The molecule has 0 amide bonds. The van der Waals surface area contributed by atoms with E-state index in [1.807, 2.05) is 0 Å². The molecule has 0 heterocycles. The summed E-state index contributed by atoms with van der Waals surface area (Å²) < 4.78 is 360. The van der Waals surface area contributed by atoms with Crippen LogP contribution in [0.2, 0.25) is 0 Å². The van der Waals surface area contributed by atoms with Gasteiger partial charge in [-0.2, -0.15) is 127 Å². The molecule has 26 heteroatoms. The Morgan fingerprint density at radius 1 is 0.197 bits per heavy atom. The van der Waals surface area contributed by atoms with Gasteiger partial charge in [0, 0.05) is 44.5 Å². The Bertz CT molecular complexity index is 2600. The van der Waals surface area contributed by atoms with Gasteiger partial charge >= 0.3 is 49.4 Å². The topological polar surface area (TPSA) is 0 Å². The molecule has 7 aromatic rings. The van der Waals surface area contributed by atoms with Crippen molar-refractivity contribution in [2.75, 3.05) is 0 Å². The van der Waals surface area contributed by atoms with E-state index in [-0.39, 0.29) is 0 Å². The minimum Gasteiger partial charge on any atom is -0.171 e. The standard InChI is InChI=1S/C32H12BF24.C18H15P/c34-25(35,36)13-5-1-6-14(26(37,38)39)21(13)33(22-15(27(40,41)42)7-2-8-16(22)28(43,44)45,23-17(29(46,47)48)9-3-10-18(23)30(49,50)51)24-19(31(52,53)54)11-4-12-20(24)32(55,56)57;1-4-10-16(11-5-1)19(17-12-6-2-7-13-17)18-14-8-3-9-15-18/h1-12H;1-15H/q-1;/p+1. The Labute approximate surface area is 414 Å². The van der Waals surface area contributed by atoms with Gasteiger partial charge in [0.1, 0.15) is 22.1 Å². The van der Waals surface area contributed by atoms with Crippen LogP contribution in [0.1, 0.15) is 44.5 Å². The van der Waals surface area contributed by atoms with Crippen LogP contribution in [0.3, 0.4) is 0 Å². The van der Waals surface area contributed by atoms with E-state index in [0.29, 0.717) is 0 Å². The lowest BCUT2D eigenvalue weighted by Gasteiger charge is -2.52. The first-order valence-electron chi connectivity index (χ1n) is 21.1. The summed E-state index contributed by atoms with van der Waals surface area (Å²) in [7, 11) is -0.877. The average molecular weight is 1130 g/mol. The second-order valence-corrected chi connectivity index (χ2v) is 18.9. The fraction of sp³-hybridized carbons (Fsp3) is 0.160. The van der Waals surface area contributed by atoms with Crippen molar-refractivity contribution in [2.45, 2.75) is 49.4 Å². The normalized spacial score (nSPS) is 13.4. The van der Waals surface area contributed by atoms with Crippen molar-refractivity contribution in [1.82, 2.24) is 0 Å². The molecule has 0 aliphatic heterocycles. The smallest absolute Gasteiger partial charge is 0.171 e. The number of halogens is 24. The van der Waals surface area contributed by atoms with Crippen LogP contribution in [-0.2, 0) is 49.4 Å². The average Bonchev–Trinajstić information content (AvgIpc) is 3.30. The summed E-state index contributed by atoms with van der Waals surface area (Å²) in [6.07, 6.45) is -62.5. The van der Waals surface area contributed by atoms with Crippen LogP contribution in [0.25, 0.3) is 0 Å². The molecule has 0 aliphatic carbocycles. The second kappa shape index (κ2) is 20.7. The number of hydrogen-bond donors (Lipinski definition) is 0. The highest BCUT2D eigenvalue weighted by molar-refractivity contribution is 7.79. The molecule has 0 saturated heterocycles. The van der Waals surface area contributed by atoms with E-state index >= 15 is 105 Å². The van der Waals surface area contributed by atoms with Crippen molar-refractivity contribution in [2.24, 2.45) is 0 Å². The zero-order chi connectivity index (χ0) is 56.8. The summed E-state index contributed by atoms with van der Waals surface area (Å²) in [6, 6.07) is 24.4. The van der Waals surface area contributed by atoms with Gasteiger partial charge in [-0.25, -0.2) is 0 Å². The Morgan fingerprint density at radius 3 is 0.474 bits per heavy atom. The van der Waals surface area contributed by atoms with Gasteiger partial charge in [0.25, 0.3) is 0 Å². The molecule has 76 heavy (non-hydrogen) atoms. The largest absolute Gasteiger partial charge is 0.413 e. The van der Waals surface area contributed by atoms with Gasteiger partial charge in [-0.15, -0.1) is 0 Å². The van der Waals surface area contributed by atoms with Crippen LogP contribution in [0, 0.1) is 0 Å². The fourth-order valence-electron chi connectivity index (χ4n) is 9.28. The van der Waals surface area contributed by atoms with E-state index in [0.717, 1.165) is 0 Å². The van der Waals surface area contributed by atoms with Crippen molar-refractivity contribution in [3.8, 4) is 0 Å². The minimum atomic E-state index is -7.76.